The molecule has 1 heterocycles. The highest BCUT2D eigenvalue weighted by Crippen LogP contribution is 2.33. The van der Waals surface area contributed by atoms with E-state index < -0.39 is 12.0 Å². The normalized spacial score (nSPS) is 11.6. The van der Waals surface area contributed by atoms with Gasteiger partial charge in [-0.15, -0.1) is 0 Å². The van der Waals surface area contributed by atoms with Gasteiger partial charge in [-0.3, -0.25) is 14.6 Å². The van der Waals surface area contributed by atoms with Crippen molar-refractivity contribution in [2.45, 2.75) is 44.6 Å². The molecule has 0 aliphatic rings. The molecule has 3 aromatic carbocycles. The van der Waals surface area contributed by atoms with Crippen molar-refractivity contribution in [1.82, 2.24) is 10.6 Å². The van der Waals surface area contributed by atoms with Crippen LogP contribution in [0.5, 0.6) is 0 Å². The quantitative estimate of drug-likeness (QED) is 0.0233. The number of guanidine groups is 1. The largest absolute Gasteiger partial charge is 0.467 e. The number of pyridine rings is 1. The molecule has 10 N–H and O–H groups in total. The lowest BCUT2D eigenvalue weighted by molar-refractivity contribution is -0.632. The fourth-order valence-electron chi connectivity index (χ4n) is 5.56. The Morgan fingerprint density at radius 1 is 0.891 bits per heavy atom. The molecule has 1 unspecified atom stereocenters. The van der Waals surface area contributed by atoms with Crippen LogP contribution >= 0.6 is 0 Å². The summed E-state index contributed by atoms with van der Waals surface area (Å²) in [6.07, 6.45) is 3.16. The molecule has 0 aliphatic heterocycles. The molecule has 242 valence electrons. The Morgan fingerprint density at radius 3 is 2.37 bits per heavy atom. The number of nitrogens with zero attached hydrogens (tertiary/aromatic N) is 2. The minimum Gasteiger partial charge on any atom is -0.467 e. The first-order valence-electron chi connectivity index (χ1n) is 15.3. The molecule has 0 saturated heterocycles. The molecule has 0 spiro atoms. The summed E-state index contributed by atoms with van der Waals surface area (Å²) in [7, 11) is 3.26. The van der Waals surface area contributed by atoms with Crippen molar-refractivity contribution < 1.29 is 23.7 Å². The number of anilines is 2. The lowest BCUT2D eigenvalue weighted by atomic mass is 9.97. The number of aromatic nitrogens is 1. The predicted molar refractivity (Wildman–Crippen MR) is 182 cm³/mol. The monoisotopic (exact) mass is 627 g/mol. The lowest BCUT2D eigenvalue weighted by Gasteiger charge is -2.16. The first kappa shape index (κ1) is 33.5. The van der Waals surface area contributed by atoms with Gasteiger partial charge in [-0.05, 0) is 68.1 Å². The van der Waals surface area contributed by atoms with Crippen molar-refractivity contribution in [3.05, 3.63) is 66.2 Å². The van der Waals surface area contributed by atoms with Gasteiger partial charge in [0.05, 0.1) is 17.9 Å². The van der Waals surface area contributed by atoms with Crippen LogP contribution < -0.4 is 38.1 Å². The van der Waals surface area contributed by atoms with E-state index in [1.807, 2.05) is 61.6 Å². The number of aliphatic imine (C=N–C) groups is 1. The van der Waals surface area contributed by atoms with Crippen molar-refractivity contribution in [3.8, 4) is 11.3 Å². The van der Waals surface area contributed by atoms with Crippen LogP contribution in [0.3, 0.4) is 0 Å². The number of unbranched alkanes of at least 4 members (excludes halogenated alkanes) is 2. The average Bonchev–Trinajstić information content (AvgIpc) is 3.03. The fraction of sp³-hybridized carbons (Fsp3) is 0.324. The molecule has 1 atom stereocenters. The maximum atomic E-state index is 13.1. The number of esters is 1. The van der Waals surface area contributed by atoms with E-state index in [1.165, 1.54) is 7.11 Å². The van der Waals surface area contributed by atoms with E-state index in [4.69, 9.17) is 27.7 Å². The SMILES string of the molecule is COC(=O)C(CCCN=C(N)N)NC(=O)CCCCCNC(=O)c1cccc(-c2c3cc(N)ccc3c3ccc(N)cc3[n+]2C)c1. The molecule has 12 nitrogen and oxygen atoms in total. The van der Waals surface area contributed by atoms with Crippen molar-refractivity contribution in [1.29, 1.82) is 0 Å². The molecule has 46 heavy (non-hydrogen) atoms. The van der Waals surface area contributed by atoms with E-state index in [2.05, 4.69) is 20.2 Å². The van der Waals surface area contributed by atoms with Crippen molar-refractivity contribution in [2.24, 2.45) is 23.5 Å². The number of amides is 2. The van der Waals surface area contributed by atoms with E-state index in [1.54, 1.807) is 6.07 Å². The van der Waals surface area contributed by atoms with Crippen LogP contribution in [0, 0.1) is 0 Å². The van der Waals surface area contributed by atoms with E-state index >= 15 is 0 Å². The number of hydrogen-bond acceptors (Lipinski definition) is 7. The zero-order chi connectivity index (χ0) is 33.2. The van der Waals surface area contributed by atoms with Crippen LogP contribution in [0.4, 0.5) is 11.4 Å². The zero-order valence-corrected chi connectivity index (χ0v) is 26.3. The number of nitrogens with one attached hydrogen (secondary N) is 2. The van der Waals surface area contributed by atoms with Gasteiger partial charge in [0.15, 0.2) is 5.96 Å². The predicted octanol–water partition coefficient (Wildman–Crippen LogP) is 2.65. The molecule has 4 aromatic rings. The number of nitrogens with two attached hydrogens (primary N) is 4. The summed E-state index contributed by atoms with van der Waals surface area (Å²) in [6, 6.07) is 18.5. The smallest absolute Gasteiger partial charge is 0.328 e. The van der Waals surface area contributed by atoms with Crippen LogP contribution in [0.2, 0.25) is 0 Å². The maximum Gasteiger partial charge on any atom is 0.328 e. The molecule has 2 amide bonds. The number of carbonyl (C=O) groups is 3. The summed E-state index contributed by atoms with van der Waals surface area (Å²) < 4.78 is 6.89. The Balaban J connectivity index is 1.33. The Bertz CT molecular complexity index is 1770. The zero-order valence-electron chi connectivity index (χ0n) is 26.3. The molecule has 1 aromatic heterocycles. The Kier molecular flexibility index (Phi) is 11.3. The van der Waals surface area contributed by atoms with Gasteiger partial charge in [-0.25, -0.2) is 4.79 Å². The molecule has 12 heteroatoms. The average molecular weight is 628 g/mol. The van der Waals surface area contributed by atoms with Gasteiger partial charge in [-0.1, -0.05) is 18.6 Å². The number of nitrogen functional groups attached to an aromatic ring is 2. The number of rotatable bonds is 14. The summed E-state index contributed by atoms with van der Waals surface area (Å²) in [5, 5.41) is 8.79. The Hall–Kier alpha value is -5.39. The summed E-state index contributed by atoms with van der Waals surface area (Å²) >= 11 is 0. The number of hydrogen-bond donors (Lipinski definition) is 6. The number of benzene rings is 3. The van der Waals surface area contributed by atoms with Crippen molar-refractivity contribution in [2.75, 3.05) is 31.7 Å². The van der Waals surface area contributed by atoms with E-state index in [0.29, 0.717) is 55.7 Å². The van der Waals surface area contributed by atoms with Crippen LogP contribution in [0.25, 0.3) is 32.9 Å². The van der Waals surface area contributed by atoms with Crippen LogP contribution in [-0.4, -0.2) is 50.0 Å². The standard InChI is InChI=1S/C34H42N8O4/c1-42-29-20-24(36)13-15-26(29)25-14-12-23(35)19-27(25)31(42)21-8-6-9-22(18-21)32(44)39-16-5-3-4-11-30(43)41-28(33(45)46-2)10-7-17-40-34(37)38/h6,8-9,12-15,18-20,28,36H,3-5,7,10-11,16-17,35H2,1-2H3,(H6,37,38,39,40,41,43,44)/p+1. The van der Waals surface area contributed by atoms with Gasteiger partial charge in [0.1, 0.15) is 13.1 Å². The van der Waals surface area contributed by atoms with E-state index in [-0.39, 0.29) is 24.2 Å². The number of aryl methyl sites for hydroxylation is 1. The molecule has 0 aliphatic carbocycles. The molecule has 0 bridgehead atoms. The molecule has 4 rings (SSSR count). The summed E-state index contributed by atoms with van der Waals surface area (Å²) in [5.74, 6) is -0.958. The third kappa shape index (κ3) is 8.40. The number of ether oxygens (including phenoxy) is 1. The summed E-state index contributed by atoms with van der Waals surface area (Å²) in [6.45, 7) is 0.814. The maximum absolute atomic E-state index is 13.1. The van der Waals surface area contributed by atoms with Gasteiger partial charge < -0.3 is 38.3 Å². The van der Waals surface area contributed by atoms with Gasteiger partial charge >= 0.3 is 5.97 Å². The fourth-order valence-corrected chi connectivity index (χ4v) is 5.56. The minimum absolute atomic E-state index is 0.0235. The number of methoxy groups -OCH3 is 1. The topological polar surface area (TPSA) is 205 Å². The summed E-state index contributed by atoms with van der Waals surface area (Å²) in [5.41, 5.74) is 27.6. The highest BCUT2D eigenvalue weighted by Gasteiger charge is 2.23. The van der Waals surface area contributed by atoms with Gasteiger partial charge in [0.25, 0.3) is 5.91 Å². The molecular formula is C34H43N8O4+. The van der Waals surface area contributed by atoms with Gasteiger partial charge in [-0.2, -0.15) is 4.57 Å². The molecular weight excluding hydrogens is 584 g/mol. The van der Waals surface area contributed by atoms with Crippen LogP contribution in [-0.2, 0) is 21.4 Å². The third-order valence-corrected chi connectivity index (χ3v) is 7.84. The third-order valence-electron chi connectivity index (χ3n) is 7.84. The lowest BCUT2D eigenvalue weighted by Crippen LogP contribution is -2.41. The van der Waals surface area contributed by atoms with Gasteiger partial charge in [0.2, 0.25) is 17.1 Å². The molecule has 0 saturated carbocycles. The Morgan fingerprint density at radius 2 is 1.63 bits per heavy atom. The summed E-state index contributed by atoms with van der Waals surface area (Å²) in [4.78, 5) is 41.5. The minimum atomic E-state index is -0.757. The molecule has 0 radical (unpaired) electrons. The highest BCUT2D eigenvalue weighted by molar-refractivity contribution is 6.10. The number of carbonyl (C=O) groups excluding carboxylic acids is 3. The first-order chi connectivity index (χ1) is 22.1. The van der Waals surface area contributed by atoms with Crippen LogP contribution in [0.15, 0.2) is 65.7 Å². The second-order valence-corrected chi connectivity index (χ2v) is 11.2. The van der Waals surface area contributed by atoms with E-state index in [9.17, 15) is 14.4 Å². The second kappa shape index (κ2) is 15.6. The van der Waals surface area contributed by atoms with Crippen LogP contribution in [0.1, 0.15) is 48.9 Å². The number of fused-ring (bicyclic) bond motifs is 3. The van der Waals surface area contributed by atoms with Gasteiger partial charge in [0, 0.05) is 53.5 Å². The second-order valence-electron chi connectivity index (χ2n) is 11.2. The highest BCUT2D eigenvalue weighted by atomic mass is 16.5. The Labute approximate surface area is 268 Å². The van der Waals surface area contributed by atoms with E-state index in [0.717, 1.165) is 39.4 Å². The molecule has 0 fully saturated rings. The first-order valence-corrected chi connectivity index (χ1v) is 15.3. The van der Waals surface area contributed by atoms with Crippen molar-refractivity contribution >= 4 is 56.8 Å². The van der Waals surface area contributed by atoms with Crippen molar-refractivity contribution in [3.63, 3.8) is 0 Å².